The highest BCUT2D eigenvalue weighted by atomic mass is 127. The smallest absolute Gasteiger partial charge is 0.316 e. The lowest BCUT2D eigenvalue weighted by atomic mass is 10.1. The zero-order chi connectivity index (χ0) is 8.32. The summed E-state index contributed by atoms with van der Waals surface area (Å²) in [6.07, 6.45) is 4.47. The van der Waals surface area contributed by atoms with E-state index in [1.54, 1.807) is 0 Å². The SMILES string of the molecule is CC1(OC(=O)CI)CCCC1. The number of rotatable bonds is 2. The van der Waals surface area contributed by atoms with Gasteiger partial charge in [0.25, 0.3) is 0 Å². The maximum atomic E-state index is 10.9. The molecule has 1 fully saturated rings. The second-order valence-electron chi connectivity index (χ2n) is 3.26. The lowest BCUT2D eigenvalue weighted by molar-refractivity contribution is -0.153. The third kappa shape index (κ3) is 2.61. The fraction of sp³-hybridized carbons (Fsp3) is 0.875. The molecule has 1 aliphatic carbocycles. The minimum absolute atomic E-state index is 0.0741. The van der Waals surface area contributed by atoms with E-state index in [0.29, 0.717) is 4.43 Å². The van der Waals surface area contributed by atoms with Crippen molar-refractivity contribution in [3.05, 3.63) is 0 Å². The van der Waals surface area contributed by atoms with Crippen LogP contribution in [-0.4, -0.2) is 16.0 Å². The third-order valence-electron chi connectivity index (χ3n) is 2.13. The lowest BCUT2D eigenvalue weighted by Crippen LogP contribution is -2.28. The molecule has 0 spiro atoms. The first-order valence-corrected chi connectivity index (χ1v) is 5.47. The maximum absolute atomic E-state index is 10.9. The van der Waals surface area contributed by atoms with E-state index >= 15 is 0 Å². The van der Waals surface area contributed by atoms with E-state index in [1.807, 2.05) is 29.5 Å². The van der Waals surface area contributed by atoms with E-state index in [4.69, 9.17) is 4.74 Å². The average Bonchev–Trinajstić information content (AvgIpc) is 2.36. The summed E-state index contributed by atoms with van der Waals surface area (Å²) < 4.78 is 5.77. The minimum atomic E-state index is -0.137. The number of ether oxygens (including phenoxy) is 1. The molecule has 3 heteroatoms. The molecule has 64 valence electrons. The molecule has 0 amide bonds. The van der Waals surface area contributed by atoms with Crippen molar-refractivity contribution in [3.63, 3.8) is 0 Å². The van der Waals surface area contributed by atoms with Gasteiger partial charge in [0.2, 0.25) is 0 Å². The summed E-state index contributed by atoms with van der Waals surface area (Å²) in [5.74, 6) is -0.0741. The first kappa shape index (κ1) is 9.29. The number of hydrogen-bond acceptors (Lipinski definition) is 2. The van der Waals surface area contributed by atoms with E-state index in [1.165, 1.54) is 12.8 Å². The minimum Gasteiger partial charge on any atom is -0.459 e. The van der Waals surface area contributed by atoms with E-state index in [2.05, 4.69) is 0 Å². The van der Waals surface area contributed by atoms with Gasteiger partial charge < -0.3 is 4.74 Å². The molecule has 1 aliphatic rings. The van der Waals surface area contributed by atoms with Crippen LogP contribution in [0, 0.1) is 0 Å². The summed E-state index contributed by atoms with van der Waals surface area (Å²) in [5.41, 5.74) is -0.137. The Morgan fingerprint density at radius 2 is 2.09 bits per heavy atom. The van der Waals surface area contributed by atoms with Crippen LogP contribution in [0.3, 0.4) is 0 Å². The second-order valence-corrected chi connectivity index (χ2v) is 4.03. The van der Waals surface area contributed by atoms with Gasteiger partial charge in [0.1, 0.15) is 5.60 Å². The largest absolute Gasteiger partial charge is 0.459 e. The summed E-state index contributed by atoms with van der Waals surface area (Å²) in [6.45, 7) is 2.03. The van der Waals surface area contributed by atoms with Gasteiger partial charge in [-0.15, -0.1) is 0 Å². The van der Waals surface area contributed by atoms with Crippen molar-refractivity contribution in [2.45, 2.75) is 38.2 Å². The number of hydrogen-bond donors (Lipinski definition) is 0. The predicted octanol–water partition coefficient (Wildman–Crippen LogP) is 2.30. The Morgan fingerprint density at radius 3 is 2.55 bits per heavy atom. The van der Waals surface area contributed by atoms with E-state index in [-0.39, 0.29) is 11.6 Å². The van der Waals surface area contributed by atoms with Crippen LogP contribution in [-0.2, 0) is 9.53 Å². The molecule has 0 N–H and O–H groups in total. The number of halogens is 1. The highest BCUT2D eigenvalue weighted by Crippen LogP contribution is 2.32. The highest BCUT2D eigenvalue weighted by Gasteiger charge is 2.31. The summed E-state index contributed by atoms with van der Waals surface area (Å²) >= 11 is 2.03. The molecule has 0 heterocycles. The van der Waals surface area contributed by atoms with Crippen molar-refractivity contribution in [2.75, 3.05) is 4.43 Å². The zero-order valence-electron chi connectivity index (χ0n) is 6.73. The van der Waals surface area contributed by atoms with Gasteiger partial charge in [-0.1, -0.05) is 22.6 Å². The van der Waals surface area contributed by atoms with Crippen LogP contribution >= 0.6 is 22.6 Å². The number of carbonyl (C=O) groups is 1. The monoisotopic (exact) mass is 268 g/mol. The normalized spacial score (nSPS) is 21.6. The molecule has 0 aromatic heterocycles. The number of alkyl halides is 1. The molecule has 0 unspecified atom stereocenters. The Balaban J connectivity index is 2.39. The third-order valence-corrected chi connectivity index (χ3v) is 2.75. The molecule has 0 aromatic rings. The van der Waals surface area contributed by atoms with Gasteiger partial charge in [-0.05, 0) is 32.6 Å². The van der Waals surface area contributed by atoms with Crippen LogP contribution in [0.1, 0.15) is 32.6 Å². The van der Waals surface area contributed by atoms with Gasteiger partial charge in [0.15, 0.2) is 0 Å². The Bertz CT molecular complexity index is 150. The first-order valence-electron chi connectivity index (χ1n) is 3.94. The summed E-state index contributed by atoms with van der Waals surface area (Å²) in [4.78, 5) is 10.9. The van der Waals surface area contributed by atoms with Crippen LogP contribution < -0.4 is 0 Å². The molecule has 2 nitrogen and oxygen atoms in total. The van der Waals surface area contributed by atoms with Crippen molar-refractivity contribution in [3.8, 4) is 0 Å². The van der Waals surface area contributed by atoms with Gasteiger partial charge in [-0.25, -0.2) is 0 Å². The molecule has 0 bridgehead atoms. The fourth-order valence-electron chi connectivity index (χ4n) is 1.53. The first-order chi connectivity index (χ1) is 5.16. The predicted molar refractivity (Wildman–Crippen MR) is 51.9 cm³/mol. The Kier molecular flexibility index (Phi) is 3.16. The lowest BCUT2D eigenvalue weighted by Gasteiger charge is -2.23. The van der Waals surface area contributed by atoms with Gasteiger partial charge >= 0.3 is 5.97 Å². The van der Waals surface area contributed by atoms with Crippen molar-refractivity contribution in [2.24, 2.45) is 0 Å². The van der Waals surface area contributed by atoms with E-state index in [9.17, 15) is 4.79 Å². The Labute approximate surface area is 80.8 Å². The topological polar surface area (TPSA) is 26.3 Å². The summed E-state index contributed by atoms with van der Waals surface area (Å²) in [7, 11) is 0. The maximum Gasteiger partial charge on any atom is 0.316 e. The van der Waals surface area contributed by atoms with Crippen molar-refractivity contribution >= 4 is 28.6 Å². The van der Waals surface area contributed by atoms with Crippen LogP contribution in [0.2, 0.25) is 0 Å². The van der Waals surface area contributed by atoms with Crippen LogP contribution in [0.15, 0.2) is 0 Å². The summed E-state index contributed by atoms with van der Waals surface area (Å²) in [5, 5.41) is 0. The number of carbonyl (C=O) groups excluding carboxylic acids is 1. The molecular weight excluding hydrogens is 255 g/mol. The number of esters is 1. The zero-order valence-corrected chi connectivity index (χ0v) is 8.89. The van der Waals surface area contributed by atoms with Gasteiger partial charge in [0.05, 0.1) is 4.43 Å². The summed E-state index contributed by atoms with van der Waals surface area (Å²) in [6, 6.07) is 0. The van der Waals surface area contributed by atoms with Crippen LogP contribution in [0.4, 0.5) is 0 Å². The van der Waals surface area contributed by atoms with E-state index < -0.39 is 0 Å². The van der Waals surface area contributed by atoms with E-state index in [0.717, 1.165) is 12.8 Å². The molecule has 1 rings (SSSR count). The standard InChI is InChI=1S/C8H13IO2/c1-8(4-2-3-5-8)11-7(10)6-9/h2-6H2,1H3. The van der Waals surface area contributed by atoms with Gasteiger partial charge in [-0.2, -0.15) is 0 Å². The fourth-order valence-corrected chi connectivity index (χ4v) is 1.68. The quantitative estimate of drug-likeness (QED) is 0.436. The molecule has 11 heavy (non-hydrogen) atoms. The molecule has 0 atom stereocenters. The van der Waals surface area contributed by atoms with Gasteiger partial charge in [-0.3, -0.25) is 4.79 Å². The van der Waals surface area contributed by atoms with Crippen molar-refractivity contribution in [1.82, 2.24) is 0 Å². The Morgan fingerprint density at radius 1 is 1.55 bits per heavy atom. The Hall–Kier alpha value is 0.200. The molecule has 0 aromatic carbocycles. The average molecular weight is 268 g/mol. The van der Waals surface area contributed by atoms with Crippen molar-refractivity contribution < 1.29 is 9.53 Å². The van der Waals surface area contributed by atoms with Crippen LogP contribution in [0.25, 0.3) is 0 Å². The molecule has 1 saturated carbocycles. The second kappa shape index (κ2) is 3.74. The highest BCUT2D eigenvalue weighted by molar-refractivity contribution is 14.1. The van der Waals surface area contributed by atoms with Gasteiger partial charge in [0, 0.05) is 0 Å². The molecule has 0 radical (unpaired) electrons. The van der Waals surface area contributed by atoms with Crippen molar-refractivity contribution in [1.29, 1.82) is 0 Å². The molecule has 0 saturated heterocycles. The molecular formula is C8H13IO2. The van der Waals surface area contributed by atoms with Crippen LogP contribution in [0.5, 0.6) is 0 Å². The molecule has 0 aliphatic heterocycles.